The second-order valence-electron chi connectivity index (χ2n) is 6.83. The first kappa shape index (κ1) is 15.1. The number of nitrogens with one attached hydrogen (secondary N) is 2. The highest BCUT2D eigenvalue weighted by atomic mass is 15.1. The summed E-state index contributed by atoms with van der Waals surface area (Å²) in [6, 6.07) is 0. The molecule has 0 bridgehead atoms. The fourth-order valence-electron chi connectivity index (χ4n) is 2.30. The Morgan fingerprint density at radius 3 is 2.15 bits per heavy atom. The van der Waals surface area contributed by atoms with Crippen LogP contribution in [0.4, 0.5) is 11.6 Å². The Morgan fingerprint density at radius 1 is 1.10 bits per heavy atom. The van der Waals surface area contributed by atoms with Crippen molar-refractivity contribution < 1.29 is 0 Å². The van der Waals surface area contributed by atoms with E-state index in [1.807, 2.05) is 0 Å². The molecule has 1 aliphatic rings. The van der Waals surface area contributed by atoms with Gasteiger partial charge in [0.2, 0.25) is 0 Å². The normalized spacial score (nSPS) is 15.8. The van der Waals surface area contributed by atoms with E-state index in [9.17, 15) is 0 Å². The molecule has 1 aliphatic carbocycles. The Labute approximate surface area is 122 Å². The zero-order chi connectivity index (χ0) is 14.8. The van der Waals surface area contributed by atoms with E-state index in [0.29, 0.717) is 0 Å². The van der Waals surface area contributed by atoms with Gasteiger partial charge in [0.15, 0.2) is 0 Å². The molecule has 1 fully saturated rings. The van der Waals surface area contributed by atoms with Gasteiger partial charge in [-0.1, -0.05) is 27.2 Å². The molecule has 2 rings (SSSR count). The Kier molecular flexibility index (Phi) is 4.51. The first-order chi connectivity index (χ1) is 9.41. The molecule has 4 heteroatoms. The van der Waals surface area contributed by atoms with E-state index in [0.717, 1.165) is 42.0 Å². The minimum atomic E-state index is -0.0369. The lowest BCUT2D eigenvalue weighted by Crippen LogP contribution is -2.24. The number of hydrogen-bond acceptors (Lipinski definition) is 4. The van der Waals surface area contributed by atoms with Gasteiger partial charge in [-0.05, 0) is 32.6 Å². The predicted octanol–water partition coefficient (Wildman–Crippen LogP) is 3.73. The quantitative estimate of drug-likeness (QED) is 0.860. The van der Waals surface area contributed by atoms with Crippen molar-refractivity contribution in [3.05, 3.63) is 11.4 Å². The summed E-state index contributed by atoms with van der Waals surface area (Å²) in [5, 5.41) is 6.89. The Morgan fingerprint density at radius 2 is 1.70 bits per heavy atom. The van der Waals surface area contributed by atoms with Crippen LogP contribution >= 0.6 is 0 Å². The van der Waals surface area contributed by atoms with Crippen LogP contribution in [0.2, 0.25) is 0 Å². The van der Waals surface area contributed by atoms with Crippen LogP contribution in [0, 0.1) is 12.8 Å². The van der Waals surface area contributed by atoms with Gasteiger partial charge in [-0.25, -0.2) is 9.97 Å². The lowest BCUT2D eigenvalue weighted by atomic mass is 9.85. The average molecular weight is 276 g/mol. The van der Waals surface area contributed by atoms with Crippen molar-refractivity contribution in [3.8, 4) is 0 Å². The van der Waals surface area contributed by atoms with Gasteiger partial charge in [0.05, 0.1) is 0 Å². The van der Waals surface area contributed by atoms with Gasteiger partial charge >= 0.3 is 0 Å². The first-order valence-corrected chi connectivity index (χ1v) is 7.78. The van der Waals surface area contributed by atoms with Crippen LogP contribution in [-0.4, -0.2) is 23.1 Å². The number of rotatable bonds is 5. The van der Waals surface area contributed by atoms with E-state index in [2.05, 4.69) is 45.3 Å². The molecule has 0 saturated heterocycles. The third-order valence-electron chi connectivity index (χ3n) is 3.94. The third kappa shape index (κ3) is 3.41. The molecule has 0 atom stereocenters. The molecule has 1 aromatic rings. The SMILES string of the molecule is CCNc1nc(C(C)(C)C)nc(NCC2CCC2)c1C. The molecular formula is C16H28N4. The Bertz CT molecular complexity index is 458. The summed E-state index contributed by atoms with van der Waals surface area (Å²) in [6.07, 6.45) is 4.08. The number of hydrogen-bond donors (Lipinski definition) is 2. The van der Waals surface area contributed by atoms with Crippen molar-refractivity contribution in [2.24, 2.45) is 5.92 Å². The highest BCUT2D eigenvalue weighted by Gasteiger charge is 2.22. The number of nitrogens with zero attached hydrogens (tertiary/aromatic N) is 2. The molecule has 0 aromatic carbocycles. The van der Waals surface area contributed by atoms with Crippen LogP contribution in [0.5, 0.6) is 0 Å². The van der Waals surface area contributed by atoms with Gasteiger partial charge in [0, 0.05) is 24.1 Å². The minimum Gasteiger partial charge on any atom is -0.370 e. The van der Waals surface area contributed by atoms with E-state index < -0.39 is 0 Å². The van der Waals surface area contributed by atoms with Gasteiger partial charge in [-0.3, -0.25) is 0 Å². The minimum absolute atomic E-state index is 0.0369. The zero-order valence-corrected chi connectivity index (χ0v) is 13.5. The summed E-state index contributed by atoms with van der Waals surface area (Å²) < 4.78 is 0. The summed E-state index contributed by atoms with van der Waals surface area (Å²) in [4.78, 5) is 9.45. The lowest BCUT2D eigenvalue weighted by molar-refractivity contribution is 0.333. The van der Waals surface area contributed by atoms with E-state index in [1.54, 1.807) is 0 Å². The van der Waals surface area contributed by atoms with E-state index >= 15 is 0 Å². The molecule has 0 radical (unpaired) electrons. The molecule has 1 aromatic heterocycles. The molecule has 1 saturated carbocycles. The van der Waals surface area contributed by atoms with Crippen molar-refractivity contribution in [3.63, 3.8) is 0 Å². The molecule has 0 unspecified atom stereocenters. The van der Waals surface area contributed by atoms with Gasteiger partial charge in [0.1, 0.15) is 17.5 Å². The summed E-state index contributed by atoms with van der Waals surface area (Å²) in [7, 11) is 0. The summed E-state index contributed by atoms with van der Waals surface area (Å²) in [6.45, 7) is 12.6. The van der Waals surface area contributed by atoms with Crippen LogP contribution in [-0.2, 0) is 5.41 Å². The zero-order valence-electron chi connectivity index (χ0n) is 13.5. The Hall–Kier alpha value is -1.32. The molecular weight excluding hydrogens is 248 g/mol. The van der Waals surface area contributed by atoms with E-state index in [1.165, 1.54) is 19.3 Å². The van der Waals surface area contributed by atoms with Crippen molar-refractivity contribution >= 4 is 11.6 Å². The molecule has 2 N–H and O–H groups in total. The fourth-order valence-corrected chi connectivity index (χ4v) is 2.30. The largest absolute Gasteiger partial charge is 0.370 e. The molecule has 0 spiro atoms. The number of aromatic nitrogens is 2. The summed E-state index contributed by atoms with van der Waals surface area (Å²) in [5.74, 6) is 3.68. The van der Waals surface area contributed by atoms with Crippen LogP contribution in [0.25, 0.3) is 0 Å². The monoisotopic (exact) mass is 276 g/mol. The highest BCUT2D eigenvalue weighted by molar-refractivity contribution is 5.57. The molecule has 0 amide bonds. The standard InChI is InChI=1S/C16H28N4/c1-6-17-13-11(2)14(18-10-12-8-7-9-12)20-15(19-13)16(3,4)5/h12H,6-10H2,1-5H3,(H2,17,18,19,20). The van der Waals surface area contributed by atoms with Crippen LogP contribution in [0.1, 0.15) is 58.3 Å². The second kappa shape index (κ2) is 5.98. The smallest absolute Gasteiger partial charge is 0.138 e. The van der Waals surface area contributed by atoms with E-state index in [-0.39, 0.29) is 5.41 Å². The van der Waals surface area contributed by atoms with Gasteiger partial charge < -0.3 is 10.6 Å². The molecule has 4 nitrogen and oxygen atoms in total. The topological polar surface area (TPSA) is 49.8 Å². The van der Waals surface area contributed by atoms with Gasteiger partial charge in [-0.15, -0.1) is 0 Å². The van der Waals surface area contributed by atoms with Crippen molar-refractivity contribution in [1.29, 1.82) is 0 Å². The summed E-state index contributed by atoms with van der Waals surface area (Å²) >= 11 is 0. The molecule has 0 aliphatic heterocycles. The third-order valence-corrected chi connectivity index (χ3v) is 3.94. The van der Waals surface area contributed by atoms with Gasteiger partial charge in [0.25, 0.3) is 0 Å². The molecule has 1 heterocycles. The number of anilines is 2. The maximum absolute atomic E-state index is 4.75. The van der Waals surface area contributed by atoms with Crippen molar-refractivity contribution in [1.82, 2.24) is 9.97 Å². The summed E-state index contributed by atoms with van der Waals surface area (Å²) in [5.41, 5.74) is 1.09. The lowest BCUT2D eigenvalue weighted by Gasteiger charge is -2.27. The predicted molar refractivity (Wildman–Crippen MR) is 85.5 cm³/mol. The second-order valence-corrected chi connectivity index (χ2v) is 6.83. The van der Waals surface area contributed by atoms with Crippen molar-refractivity contribution in [2.75, 3.05) is 23.7 Å². The van der Waals surface area contributed by atoms with Crippen LogP contribution in [0.3, 0.4) is 0 Å². The van der Waals surface area contributed by atoms with Crippen LogP contribution in [0.15, 0.2) is 0 Å². The Balaban J connectivity index is 2.24. The maximum Gasteiger partial charge on any atom is 0.138 e. The maximum atomic E-state index is 4.75. The van der Waals surface area contributed by atoms with Crippen LogP contribution < -0.4 is 10.6 Å². The fraction of sp³-hybridized carbons (Fsp3) is 0.750. The van der Waals surface area contributed by atoms with E-state index in [4.69, 9.17) is 9.97 Å². The molecule has 20 heavy (non-hydrogen) atoms. The van der Waals surface area contributed by atoms with Crippen molar-refractivity contribution in [2.45, 2.75) is 59.3 Å². The van der Waals surface area contributed by atoms with Gasteiger partial charge in [-0.2, -0.15) is 0 Å². The highest BCUT2D eigenvalue weighted by Crippen LogP contribution is 2.29. The first-order valence-electron chi connectivity index (χ1n) is 7.78. The average Bonchev–Trinajstić information content (AvgIpc) is 2.30. The molecule has 112 valence electrons.